The van der Waals surface area contributed by atoms with E-state index in [9.17, 15) is 8.42 Å². The first kappa shape index (κ1) is 20.8. The summed E-state index contributed by atoms with van der Waals surface area (Å²) in [5.74, 6) is 0.619. The fourth-order valence-corrected chi connectivity index (χ4v) is 4.97. The Morgan fingerprint density at radius 1 is 0.848 bits per heavy atom. The number of nitrogens with zero attached hydrogens (tertiary/aromatic N) is 5. The largest absolute Gasteiger partial charge is 0.280 e. The molecule has 0 amide bonds. The van der Waals surface area contributed by atoms with Gasteiger partial charge in [-0.15, -0.1) is 10.2 Å². The van der Waals surface area contributed by atoms with Gasteiger partial charge in [-0.05, 0) is 54.4 Å². The smallest absolute Gasteiger partial charge is 0.262 e. The average Bonchev–Trinajstić information content (AvgIpc) is 3.28. The van der Waals surface area contributed by atoms with Crippen molar-refractivity contribution in [3.63, 3.8) is 0 Å². The standard InChI is InChI=1S/C24H20N6O2S/c1-2-17-5-3-4-6-22(17)33(31,32)29-20-9-7-18(8-10-20)21-11-12-23-26-27-24(30(23)28-21)19-13-15-25-16-14-19/h3-16,29H,2H2,1H3. The van der Waals surface area contributed by atoms with Gasteiger partial charge in [0.15, 0.2) is 11.5 Å². The summed E-state index contributed by atoms with van der Waals surface area (Å²) < 4.78 is 30.1. The van der Waals surface area contributed by atoms with Crippen molar-refractivity contribution < 1.29 is 8.42 Å². The summed E-state index contributed by atoms with van der Waals surface area (Å²) in [4.78, 5) is 4.33. The molecule has 0 unspecified atom stereocenters. The number of rotatable bonds is 6. The number of hydrogen-bond donors (Lipinski definition) is 1. The van der Waals surface area contributed by atoms with Crippen LogP contribution in [-0.2, 0) is 16.4 Å². The van der Waals surface area contributed by atoms with E-state index in [0.29, 0.717) is 34.2 Å². The van der Waals surface area contributed by atoms with Gasteiger partial charge < -0.3 is 0 Å². The van der Waals surface area contributed by atoms with Crippen LogP contribution in [0.15, 0.2) is 90.1 Å². The van der Waals surface area contributed by atoms with Crippen molar-refractivity contribution in [3.8, 4) is 22.6 Å². The summed E-state index contributed by atoms with van der Waals surface area (Å²) in [7, 11) is -3.68. The van der Waals surface area contributed by atoms with Crippen LogP contribution in [0, 0.1) is 0 Å². The minimum atomic E-state index is -3.68. The summed E-state index contributed by atoms with van der Waals surface area (Å²) in [5.41, 5.74) is 4.29. The summed E-state index contributed by atoms with van der Waals surface area (Å²) >= 11 is 0. The van der Waals surface area contributed by atoms with Crippen molar-refractivity contribution in [2.24, 2.45) is 0 Å². The second-order valence-electron chi connectivity index (χ2n) is 7.39. The zero-order valence-electron chi connectivity index (χ0n) is 17.8. The highest BCUT2D eigenvalue weighted by Gasteiger charge is 2.17. The number of aryl methyl sites for hydroxylation is 1. The third kappa shape index (κ3) is 4.06. The first-order valence-electron chi connectivity index (χ1n) is 10.4. The predicted octanol–water partition coefficient (Wildman–Crippen LogP) is 4.22. The highest BCUT2D eigenvalue weighted by Crippen LogP contribution is 2.24. The number of sulfonamides is 1. The van der Waals surface area contributed by atoms with Crippen LogP contribution in [-0.4, -0.2) is 33.2 Å². The van der Waals surface area contributed by atoms with Gasteiger partial charge in [-0.1, -0.05) is 37.3 Å². The summed E-state index contributed by atoms with van der Waals surface area (Å²) in [5, 5.41) is 13.1. The Hall–Kier alpha value is -4.11. The summed E-state index contributed by atoms with van der Waals surface area (Å²) in [6.45, 7) is 1.93. The number of benzene rings is 2. The van der Waals surface area contributed by atoms with E-state index < -0.39 is 10.0 Å². The van der Waals surface area contributed by atoms with Crippen LogP contribution in [0.4, 0.5) is 5.69 Å². The lowest BCUT2D eigenvalue weighted by atomic mass is 10.1. The molecule has 0 saturated carbocycles. The van der Waals surface area contributed by atoms with Crippen LogP contribution >= 0.6 is 0 Å². The summed E-state index contributed by atoms with van der Waals surface area (Å²) in [6, 6.07) is 21.5. The van der Waals surface area contributed by atoms with Crippen molar-refractivity contribution >= 4 is 21.4 Å². The number of aromatic nitrogens is 5. The summed E-state index contributed by atoms with van der Waals surface area (Å²) in [6.07, 6.45) is 4.02. The van der Waals surface area contributed by atoms with Crippen LogP contribution in [0.2, 0.25) is 0 Å². The van der Waals surface area contributed by atoms with E-state index in [-0.39, 0.29) is 0 Å². The fourth-order valence-electron chi connectivity index (χ4n) is 3.60. The molecule has 0 bridgehead atoms. The first-order valence-corrected chi connectivity index (χ1v) is 11.9. The van der Waals surface area contributed by atoms with Crippen LogP contribution in [0.3, 0.4) is 0 Å². The maximum Gasteiger partial charge on any atom is 0.262 e. The van der Waals surface area contributed by atoms with Gasteiger partial charge in [-0.2, -0.15) is 9.61 Å². The first-order chi connectivity index (χ1) is 16.0. The molecule has 0 aliphatic carbocycles. The average molecular weight is 457 g/mol. The third-order valence-corrected chi connectivity index (χ3v) is 6.76. The monoisotopic (exact) mass is 456 g/mol. The number of nitrogens with one attached hydrogen (secondary N) is 1. The number of pyridine rings is 1. The van der Waals surface area contributed by atoms with Crippen molar-refractivity contribution in [1.29, 1.82) is 0 Å². The molecular weight excluding hydrogens is 436 g/mol. The van der Waals surface area contributed by atoms with E-state index in [4.69, 9.17) is 0 Å². The number of fused-ring (bicyclic) bond motifs is 1. The molecule has 0 spiro atoms. The second-order valence-corrected chi connectivity index (χ2v) is 9.04. The quantitative estimate of drug-likeness (QED) is 0.411. The normalized spacial score (nSPS) is 11.5. The molecule has 8 nitrogen and oxygen atoms in total. The molecule has 9 heteroatoms. The van der Waals surface area contributed by atoms with Gasteiger partial charge in [0.1, 0.15) is 0 Å². The number of anilines is 1. The molecule has 0 radical (unpaired) electrons. The van der Waals surface area contributed by atoms with Gasteiger partial charge in [0, 0.05) is 29.2 Å². The van der Waals surface area contributed by atoms with Gasteiger partial charge in [-0.3, -0.25) is 9.71 Å². The van der Waals surface area contributed by atoms with Gasteiger partial charge in [-0.25, -0.2) is 8.42 Å². The minimum Gasteiger partial charge on any atom is -0.280 e. The van der Waals surface area contributed by atoms with Gasteiger partial charge >= 0.3 is 0 Å². The zero-order chi connectivity index (χ0) is 22.8. The maximum absolute atomic E-state index is 12.9. The van der Waals surface area contributed by atoms with Crippen LogP contribution in [0.5, 0.6) is 0 Å². The van der Waals surface area contributed by atoms with Crippen LogP contribution < -0.4 is 4.72 Å². The molecule has 5 rings (SSSR count). The second kappa shape index (κ2) is 8.44. The highest BCUT2D eigenvalue weighted by atomic mass is 32.2. The van der Waals surface area contributed by atoms with E-state index in [1.54, 1.807) is 41.2 Å². The topological polar surface area (TPSA) is 102 Å². The Morgan fingerprint density at radius 2 is 1.61 bits per heavy atom. The fraction of sp³-hybridized carbons (Fsp3) is 0.0833. The molecule has 0 atom stereocenters. The van der Waals surface area contributed by atoms with E-state index in [2.05, 4.69) is 25.0 Å². The lowest BCUT2D eigenvalue weighted by Crippen LogP contribution is -2.14. The van der Waals surface area contributed by atoms with Gasteiger partial charge in [0.05, 0.1) is 10.6 Å². The molecule has 0 fully saturated rings. The van der Waals surface area contributed by atoms with E-state index >= 15 is 0 Å². The van der Waals surface area contributed by atoms with Crippen molar-refractivity contribution in [2.75, 3.05) is 4.72 Å². The van der Waals surface area contributed by atoms with E-state index in [1.807, 2.05) is 55.5 Å². The molecule has 5 aromatic rings. The molecule has 1 N–H and O–H groups in total. The lowest BCUT2D eigenvalue weighted by molar-refractivity contribution is 0.600. The van der Waals surface area contributed by atoms with E-state index in [0.717, 1.165) is 16.7 Å². The highest BCUT2D eigenvalue weighted by molar-refractivity contribution is 7.92. The maximum atomic E-state index is 12.9. The molecule has 2 aromatic carbocycles. The Morgan fingerprint density at radius 3 is 2.36 bits per heavy atom. The van der Waals surface area contributed by atoms with E-state index in [1.165, 1.54) is 0 Å². The molecule has 0 saturated heterocycles. The Balaban J connectivity index is 1.44. The lowest BCUT2D eigenvalue weighted by Gasteiger charge is -2.12. The van der Waals surface area contributed by atoms with Crippen molar-refractivity contribution in [3.05, 3.63) is 90.8 Å². The third-order valence-electron chi connectivity index (χ3n) is 5.28. The van der Waals surface area contributed by atoms with Crippen molar-refractivity contribution in [1.82, 2.24) is 24.8 Å². The van der Waals surface area contributed by atoms with Crippen LogP contribution in [0.25, 0.3) is 28.3 Å². The van der Waals surface area contributed by atoms with Gasteiger partial charge in [0.2, 0.25) is 0 Å². The molecule has 0 aliphatic heterocycles. The predicted molar refractivity (Wildman–Crippen MR) is 126 cm³/mol. The molecule has 33 heavy (non-hydrogen) atoms. The Labute approximate surface area is 191 Å². The molecular formula is C24H20N6O2S. The number of hydrogen-bond acceptors (Lipinski definition) is 6. The molecule has 3 aromatic heterocycles. The molecule has 164 valence electrons. The molecule has 3 heterocycles. The minimum absolute atomic E-state index is 0.292. The Kier molecular flexibility index (Phi) is 5.31. The molecule has 0 aliphatic rings. The van der Waals surface area contributed by atoms with Gasteiger partial charge in [0.25, 0.3) is 10.0 Å². The SMILES string of the molecule is CCc1ccccc1S(=O)(=O)Nc1ccc(-c2ccc3nnc(-c4ccncc4)n3n2)cc1. The van der Waals surface area contributed by atoms with Crippen LogP contribution in [0.1, 0.15) is 12.5 Å². The Bertz CT molecular complexity index is 1530. The zero-order valence-corrected chi connectivity index (χ0v) is 18.6. The van der Waals surface area contributed by atoms with Crippen molar-refractivity contribution in [2.45, 2.75) is 18.2 Å².